The molecule has 2 amide bonds. The summed E-state index contributed by atoms with van der Waals surface area (Å²) in [5, 5.41) is 7.47. The molecule has 1 aliphatic rings. The lowest BCUT2D eigenvalue weighted by atomic mass is 10.0. The Morgan fingerprint density at radius 3 is 2.61 bits per heavy atom. The van der Waals surface area contributed by atoms with Gasteiger partial charge in [0.1, 0.15) is 5.82 Å². The van der Waals surface area contributed by atoms with Gasteiger partial charge in [0.15, 0.2) is 0 Å². The molecule has 3 rings (SSSR count). The smallest absolute Gasteiger partial charge is 0.230 e. The summed E-state index contributed by atoms with van der Waals surface area (Å²) in [5.74, 6) is 0.530. The van der Waals surface area contributed by atoms with E-state index < -0.39 is 0 Å². The van der Waals surface area contributed by atoms with Gasteiger partial charge in [0.25, 0.3) is 0 Å². The lowest BCUT2D eigenvalue weighted by Gasteiger charge is -2.23. The Kier molecular flexibility index (Phi) is 5.33. The fourth-order valence-electron chi connectivity index (χ4n) is 3.51. The van der Waals surface area contributed by atoms with Crippen LogP contribution in [0.3, 0.4) is 0 Å². The molecule has 2 aromatic rings. The number of aromatic nitrogens is 2. The van der Waals surface area contributed by atoms with Crippen LogP contribution in [0, 0.1) is 12.8 Å². The highest BCUT2D eigenvalue weighted by Crippen LogP contribution is 2.29. The van der Waals surface area contributed by atoms with Gasteiger partial charge >= 0.3 is 0 Å². The molecule has 1 atom stereocenters. The number of rotatable bonds is 4. The van der Waals surface area contributed by atoms with E-state index in [-0.39, 0.29) is 29.7 Å². The predicted octanol–water partition coefficient (Wildman–Crippen LogP) is 4.06. The van der Waals surface area contributed by atoms with Gasteiger partial charge in [0.05, 0.1) is 17.2 Å². The van der Waals surface area contributed by atoms with Gasteiger partial charge in [-0.15, -0.1) is 0 Å². The summed E-state index contributed by atoms with van der Waals surface area (Å²) in [5.41, 5.74) is 2.65. The highest BCUT2D eigenvalue weighted by molar-refractivity contribution is 6.03. The summed E-state index contributed by atoms with van der Waals surface area (Å²) >= 11 is 0. The van der Waals surface area contributed by atoms with Crippen LogP contribution >= 0.6 is 0 Å². The molecule has 1 saturated heterocycles. The number of nitrogens with one attached hydrogen (secondary N) is 1. The fourth-order valence-corrected chi connectivity index (χ4v) is 3.51. The molecule has 1 unspecified atom stereocenters. The van der Waals surface area contributed by atoms with E-state index in [1.807, 2.05) is 56.6 Å². The first-order chi connectivity index (χ1) is 13.1. The number of carbonyl (C=O) groups is 2. The van der Waals surface area contributed by atoms with Crippen LogP contribution in [0.5, 0.6) is 0 Å². The van der Waals surface area contributed by atoms with Crippen LogP contribution in [-0.4, -0.2) is 28.1 Å². The topological polar surface area (TPSA) is 67.2 Å². The number of amides is 2. The van der Waals surface area contributed by atoms with E-state index >= 15 is 0 Å². The van der Waals surface area contributed by atoms with Crippen molar-refractivity contribution in [2.75, 3.05) is 16.8 Å². The molecule has 28 heavy (non-hydrogen) atoms. The molecule has 2 heterocycles. The van der Waals surface area contributed by atoms with E-state index in [1.54, 1.807) is 4.90 Å². The van der Waals surface area contributed by atoms with E-state index in [0.29, 0.717) is 18.3 Å². The van der Waals surface area contributed by atoms with Crippen molar-refractivity contribution in [2.45, 2.75) is 59.4 Å². The average molecular weight is 383 g/mol. The third-order valence-corrected chi connectivity index (χ3v) is 5.06. The molecule has 0 bridgehead atoms. The van der Waals surface area contributed by atoms with Crippen molar-refractivity contribution in [2.24, 2.45) is 5.92 Å². The van der Waals surface area contributed by atoms with Gasteiger partial charge in [-0.3, -0.25) is 9.59 Å². The Bertz CT molecular complexity index is 892. The second-order valence-electron chi connectivity index (χ2n) is 8.90. The first-order valence-electron chi connectivity index (χ1n) is 9.84. The van der Waals surface area contributed by atoms with Crippen molar-refractivity contribution in [3.8, 4) is 0 Å². The second-order valence-corrected chi connectivity index (χ2v) is 8.90. The summed E-state index contributed by atoms with van der Waals surface area (Å²) in [6, 6.07) is 9.87. The average Bonchev–Trinajstić information content (AvgIpc) is 3.17. The van der Waals surface area contributed by atoms with Crippen LogP contribution in [-0.2, 0) is 15.1 Å². The number of benzene rings is 1. The minimum absolute atomic E-state index is 0.0124. The normalized spacial score (nSPS) is 17.5. The third kappa shape index (κ3) is 4.11. The molecule has 1 N–H and O–H groups in total. The molecular weight excluding hydrogens is 352 g/mol. The molecule has 6 nitrogen and oxygen atoms in total. The molecule has 0 aliphatic carbocycles. The van der Waals surface area contributed by atoms with Gasteiger partial charge in [0, 0.05) is 24.7 Å². The molecular formula is C22H30N4O2. The third-order valence-electron chi connectivity index (χ3n) is 5.06. The Balaban J connectivity index is 1.75. The Labute approximate surface area is 166 Å². The molecule has 1 aliphatic heterocycles. The van der Waals surface area contributed by atoms with E-state index in [4.69, 9.17) is 0 Å². The quantitative estimate of drug-likeness (QED) is 0.867. The summed E-state index contributed by atoms with van der Waals surface area (Å²) in [6.45, 7) is 12.7. The van der Waals surface area contributed by atoms with Crippen LogP contribution in [0.1, 0.15) is 58.2 Å². The lowest BCUT2D eigenvalue weighted by molar-refractivity contribution is -0.122. The maximum Gasteiger partial charge on any atom is 0.230 e. The van der Waals surface area contributed by atoms with Gasteiger partial charge in [-0.25, -0.2) is 4.68 Å². The van der Waals surface area contributed by atoms with Crippen LogP contribution < -0.4 is 10.2 Å². The van der Waals surface area contributed by atoms with Gasteiger partial charge < -0.3 is 10.2 Å². The molecule has 1 aromatic carbocycles. The van der Waals surface area contributed by atoms with Crippen molar-refractivity contribution in [3.05, 3.63) is 41.6 Å². The van der Waals surface area contributed by atoms with Gasteiger partial charge in [-0.05, 0) is 51.3 Å². The minimum Gasteiger partial charge on any atom is -0.312 e. The Hall–Kier alpha value is -2.63. The van der Waals surface area contributed by atoms with Crippen LogP contribution in [0.15, 0.2) is 30.3 Å². The summed E-state index contributed by atoms with van der Waals surface area (Å²) in [4.78, 5) is 27.2. The van der Waals surface area contributed by atoms with Gasteiger partial charge in [-0.2, -0.15) is 5.10 Å². The molecule has 0 radical (unpaired) electrons. The Morgan fingerprint density at radius 2 is 1.96 bits per heavy atom. The number of hydrogen-bond donors (Lipinski definition) is 1. The highest BCUT2D eigenvalue weighted by Gasteiger charge is 2.36. The molecule has 1 aromatic heterocycles. The van der Waals surface area contributed by atoms with Crippen molar-refractivity contribution >= 4 is 23.3 Å². The minimum atomic E-state index is -0.376. The van der Waals surface area contributed by atoms with Crippen molar-refractivity contribution in [3.63, 3.8) is 0 Å². The van der Waals surface area contributed by atoms with E-state index in [1.165, 1.54) is 5.56 Å². The predicted molar refractivity (Wildman–Crippen MR) is 112 cm³/mol. The Morgan fingerprint density at radius 1 is 1.25 bits per heavy atom. The number of anilines is 2. The molecule has 0 spiro atoms. The van der Waals surface area contributed by atoms with Crippen LogP contribution in [0.25, 0.3) is 0 Å². The standard InChI is InChI=1S/C22H30N4O2/c1-14(2)16-8-7-9-18(11-16)25-13-17(12-20(25)27)21(28)23-19-10-15(3)24-26(19)22(4,5)6/h7-11,14,17H,12-13H2,1-6H3,(H,23,28). The zero-order chi connectivity index (χ0) is 20.6. The van der Waals surface area contributed by atoms with E-state index in [9.17, 15) is 9.59 Å². The summed E-state index contributed by atoms with van der Waals surface area (Å²) in [7, 11) is 0. The first kappa shape index (κ1) is 20.1. The van der Waals surface area contributed by atoms with E-state index in [0.717, 1.165) is 11.4 Å². The van der Waals surface area contributed by atoms with Gasteiger partial charge in [0.2, 0.25) is 11.8 Å². The molecule has 6 heteroatoms. The van der Waals surface area contributed by atoms with Crippen molar-refractivity contribution in [1.29, 1.82) is 0 Å². The van der Waals surface area contributed by atoms with Gasteiger partial charge in [-0.1, -0.05) is 26.0 Å². The SMILES string of the molecule is Cc1cc(NC(=O)C2CC(=O)N(c3cccc(C(C)C)c3)C2)n(C(C)(C)C)n1. The largest absolute Gasteiger partial charge is 0.312 e. The highest BCUT2D eigenvalue weighted by atomic mass is 16.2. The molecule has 0 saturated carbocycles. The van der Waals surface area contributed by atoms with Crippen molar-refractivity contribution < 1.29 is 9.59 Å². The number of hydrogen-bond acceptors (Lipinski definition) is 3. The zero-order valence-corrected chi connectivity index (χ0v) is 17.6. The molecule has 150 valence electrons. The van der Waals surface area contributed by atoms with Crippen molar-refractivity contribution in [1.82, 2.24) is 9.78 Å². The number of nitrogens with zero attached hydrogens (tertiary/aromatic N) is 3. The maximum absolute atomic E-state index is 12.9. The molecule has 1 fully saturated rings. The van der Waals surface area contributed by atoms with E-state index in [2.05, 4.69) is 30.3 Å². The number of aryl methyl sites for hydroxylation is 1. The monoisotopic (exact) mass is 382 g/mol. The summed E-state index contributed by atoms with van der Waals surface area (Å²) < 4.78 is 1.82. The lowest BCUT2D eigenvalue weighted by Crippen LogP contribution is -2.31. The van der Waals surface area contributed by atoms with Crippen LogP contribution in [0.2, 0.25) is 0 Å². The summed E-state index contributed by atoms with van der Waals surface area (Å²) in [6.07, 6.45) is 0.223. The maximum atomic E-state index is 12.9. The fraction of sp³-hybridized carbons (Fsp3) is 0.500. The zero-order valence-electron chi connectivity index (χ0n) is 17.6. The first-order valence-corrected chi connectivity index (χ1v) is 9.84. The number of carbonyl (C=O) groups excluding carboxylic acids is 2. The van der Waals surface area contributed by atoms with Crippen LogP contribution in [0.4, 0.5) is 11.5 Å². The second kappa shape index (κ2) is 7.41.